The summed E-state index contributed by atoms with van der Waals surface area (Å²) in [6, 6.07) is 17.3. The van der Waals surface area contributed by atoms with Crippen LogP contribution in [0, 0.1) is 0 Å². The van der Waals surface area contributed by atoms with Crippen LogP contribution < -0.4 is 10.1 Å². The van der Waals surface area contributed by atoms with Gasteiger partial charge < -0.3 is 10.1 Å². The van der Waals surface area contributed by atoms with E-state index in [0.29, 0.717) is 23.1 Å². The van der Waals surface area contributed by atoms with Crippen molar-refractivity contribution in [3.63, 3.8) is 0 Å². The Morgan fingerprint density at radius 2 is 1.88 bits per heavy atom. The molecule has 122 valence electrons. The van der Waals surface area contributed by atoms with Crippen LogP contribution in [0.5, 0.6) is 10.9 Å². The minimum Gasteiger partial charge on any atom is -0.431 e. The third kappa shape index (κ3) is 4.67. The van der Waals surface area contributed by atoms with E-state index < -0.39 is 0 Å². The molecule has 1 N–H and O–H groups in total. The van der Waals surface area contributed by atoms with Gasteiger partial charge in [0.2, 0.25) is 0 Å². The molecule has 0 saturated heterocycles. The molecule has 0 aliphatic carbocycles. The zero-order valence-electron chi connectivity index (χ0n) is 13.1. The molecule has 0 unspecified atom stereocenters. The summed E-state index contributed by atoms with van der Waals surface area (Å²) >= 11 is 1.43. The van der Waals surface area contributed by atoms with Crippen LogP contribution >= 0.6 is 11.3 Å². The number of rotatable bonds is 7. The summed E-state index contributed by atoms with van der Waals surface area (Å²) in [5.41, 5.74) is 1.91. The summed E-state index contributed by atoms with van der Waals surface area (Å²) in [5.74, 6) is 0.606. The van der Waals surface area contributed by atoms with Crippen LogP contribution in [-0.2, 0) is 6.42 Å². The van der Waals surface area contributed by atoms with Gasteiger partial charge in [-0.1, -0.05) is 41.7 Å². The van der Waals surface area contributed by atoms with Crippen molar-refractivity contribution in [3.05, 3.63) is 77.3 Å². The SMILES string of the molecule is O=C(NCCCc1ccccc1)c1ccc(Oc2nccs2)cc1. The van der Waals surface area contributed by atoms with E-state index in [1.165, 1.54) is 16.9 Å². The van der Waals surface area contributed by atoms with Gasteiger partial charge in [-0.25, -0.2) is 4.98 Å². The highest BCUT2D eigenvalue weighted by Gasteiger charge is 2.06. The van der Waals surface area contributed by atoms with Crippen molar-refractivity contribution in [2.45, 2.75) is 12.8 Å². The van der Waals surface area contributed by atoms with Crippen molar-refractivity contribution >= 4 is 17.2 Å². The predicted octanol–water partition coefficient (Wildman–Crippen LogP) is 4.30. The maximum absolute atomic E-state index is 12.1. The lowest BCUT2D eigenvalue weighted by atomic mass is 10.1. The molecule has 24 heavy (non-hydrogen) atoms. The molecule has 0 radical (unpaired) electrons. The first-order valence-electron chi connectivity index (χ1n) is 7.81. The lowest BCUT2D eigenvalue weighted by Crippen LogP contribution is -2.24. The van der Waals surface area contributed by atoms with E-state index >= 15 is 0 Å². The van der Waals surface area contributed by atoms with Crippen molar-refractivity contribution in [2.24, 2.45) is 0 Å². The zero-order valence-corrected chi connectivity index (χ0v) is 14.0. The molecule has 0 bridgehead atoms. The number of nitrogens with zero attached hydrogens (tertiary/aromatic N) is 1. The number of carbonyl (C=O) groups is 1. The van der Waals surface area contributed by atoms with E-state index in [-0.39, 0.29) is 5.91 Å². The van der Waals surface area contributed by atoms with Gasteiger partial charge in [-0.3, -0.25) is 4.79 Å². The molecule has 3 aromatic rings. The van der Waals surface area contributed by atoms with Gasteiger partial charge in [-0.2, -0.15) is 0 Å². The highest BCUT2D eigenvalue weighted by Crippen LogP contribution is 2.23. The quantitative estimate of drug-likeness (QED) is 0.654. The summed E-state index contributed by atoms with van der Waals surface area (Å²) in [6.07, 6.45) is 3.57. The molecule has 5 heteroatoms. The number of aryl methyl sites for hydroxylation is 1. The number of nitrogens with one attached hydrogen (secondary N) is 1. The molecule has 0 spiro atoms. The number of aromatic nitrogens is 1. The lowest BCUT2D eigenvalue weighted by molar-refractivity contribution is 0.0953. The Labute approximate surface area is 145 Å². The van der Waals surface area contributed by atoms with E-state index in [1.807, 2.05) is 23.6 Å². The van der Waals surface area contributed by atoms with Crippen LogP contribution in [0.25, 0.3) is 0 Å². The maximum Gasteiger partial charge on any atom is 0.278 e. The molecule has 1 amide bonds. The van der Waals surface area contributed by atoms with Crippen molar-refractivity contribution in [1.29, 1.82) is 0 Å². The molecule has 0 atom stereocenters. The summed E-state index contributed by atoms with van der Waals surface area (Å²) in [6.45, 7) is 0.658. The minimum absolute atomic E-state index is 0.0659. The number of hydrogen-bond donors (Lipinski definition) is 1. The fraction of sp³-hybridized carbons (Fsp3) is 0.158. The van der Waals surface area contributed by atoms with Crippen LogP contribution in [0.3, 0.4) is 0 Å². The number of thiazole rings is 1. The molecule has 2 aromatic carbocycles. The van der Waals surface area contributed by atoms with Crippen LogP contribution in [-0.4, -0.2) is 17.4 Å². The number of hydrogen-bond acceptors (Lipinski definition) is 4. The summed E-state index contributed by atoms with van der Waals surface area (Å²) in [5, 5.41) is 5.39. The van der Waals surface area contributed by atoms with Crippen molar-refractivity contribution in [2.75, 3.05) is 6.54 Å². The number of ether oxygens (including phenoxy) is 1. The predicted molar refractivity (Wildman–Crippen MR) is 95.7 cm³/mol. The zero-order chi connectivity index (χ0) is 16.6. The van der Waals surface area contributed by atoms with Gasteiger partial charge in [0.25, 0.3) is 11.1 Å². The van der Waals surface area contributed by atoms with Crippen LogP contribution in [0.1, 0.15) is 22.3 Å². The molecule has 0 fully saturated rings. The number of benzene rings is 2. The van der Waals surface area contributed by atoms with E-state index in [1.54, 1.807) is 30.5 Å². The van der Waals surface area contributed by atoms with E-state index in [4.69, 9.17) is 4.74 Å². The molecular weight excluding hydrogens is 320 g/mol. The standard InChI is InChI=1S/C19H18N2O2S/c22-18(20-12-4-7-15-5-2-1-3-6-15)16-8-10-17(11-9-16)23-19-21-13-14-24-19/h1-3,5-6,8-11,13-14H,4,7,12H2,(H,20,22). The molecule has 1 heterocycles. The second kappa shape index (κ2) is 8.26. The molecule has 0 aliphatic heterocycles. The molecule has 3 rings (SSSR count). The van der Waals surface area contributed by atoms with Gasteiger partial charge in [0.1, 0.15) is 5.75 Å². The summed E-state index contributed by atoms with van der Waals surface area (Å²) < 4.78 is 5.58. The molecule has 0 aliphatic rings. The van der Waals surface area contributed by atoms with Gasteiger partial charge in [0, 0.05) is 23.7 Å². The highest BCUT2D eigenvalue weighted by molar-refractivity contribution is 7.11. The van der Waals surface area contributed by atoms with E-state index in [9.17, 15) is 4.79 Å². The molecule has 0 saturated carbocycles. The second-order valence-corrected chi connectivity index (χ2v) is 6.13. The van der Waals surface area contributed by atoms with Crippen molar-refractivity contribution in [1.82, 2.24) is 10.3 Å². The normalized spacial score (nSPS) is 10.3. The Balaban J connectivity index is 1.44. The molecular formula is C19H18N2O2S. The highest BCUT2D eigenvalue weighted by atomic mass is 32.1. The average Bonchev–Trinajstić information content (AvgIpc) is 3.13. The third-order valence-corrected chi connectivity index (χ3v) is 4.15. The number of amides is 1. The first-order chi connectivity index (χ1) is 11.8. The van der Waals surface area contributed by atoms with Gasteiger partial charge in [0.05, 0.1) is 0 Å². The Bertz CT molecular complexity index is 756. The monoisotopic (exact) mass is 338 g/mol. The smallest absolute Gasteiger partial charge is 0.278 e. The first-order valence-corrected chi connectivity index (χ1v) is 8.69. The molecule has 4 nitrogen and oxygen atoms in total. The van der Waals surface area contributed by atoms with Gasteiger partial charge in [0.15, 0.2) is 0 Å². The minimum atomic E-state index is -0.0659. The number of carbonyl (C=O) groups excluding carboxylic acids is 1. The summed E-state index contributed by atoms with van der Waals surface area (Å²) in [4.78, 5) is 16.2. The fourth-order valence-electron chi connectivity index (χ4n) is 2.28. The van der Waals surface area contributed by atoms with Gasteiger partial charge >= 0.3 is 0 Å². The Morgan fingerprint density at radius 3 is 2.58 bits per heavy atom. The van der Waals surface area contributed by atoms with Crippen LogP contribution in [0.2, 0.25) is 0 Å². The maximum atomic E-state index is 12.1. The van der Waals surface area contributed by atoms with Crippen LogP contribution in [0.4, 0.5) is 0 Å². The van der Waals surface area contributed by atoms with Crippen molar-refractivity contribution < 1.29 is 9.53 Å². The van der Waals surface area contributed by atoms with Gasteiger partial charge in [-0.15, -0.1) is 0 Å². The second-order valence-electron chi connectivity index (χ2n) is 5.27. The van der Waals surface area contributed by atoms with E-state index in [0.717, 1.165) is 12.8 Å². The Morgan fingerprint density at radius 1 is 1.08 bits per heavy atom. The van der Waals surface area contributed by atoms with Crippen LogP contribution in [0.15, 0.2) is 66.2 Å². The Kier molecular flexibility index (Phi) is 5.58. The first kappa shape index (κ1) is 16.2. The largest absolute Gasteiger partial charge is 0.431 e. The fourth-order valence-corrected chi connectivity index (χ4v) is 2.78. The topological polar surface area (TPSA) is 51.2 Å². The summed E-state index contributed by atoms with van der Waals surface area (Å²) in [7, 11) is 0. The third-order valence-electron chi connectivity index (χ3n) is 3.50. The average molecular weight is 338 g/mol. The lowest BCUT2D eigenvalue weighted by Gasteiger charge is -2.06. The van der Waals surface area contributed by atoms with Crippen molar-refractivity contribution in [3.8, 4) is 10.9 Å². The van der Waals surface area contributed by atoms with Gasteiger partial charge in [-0.05, 0) is 42.7 Å². The Hall–Kier alpha value is -2.66. The molecule has 1 aromatic heterocycles. The van der Waals surface area contributed by atoms with E-state index in [2.05, 4.69) is 22.4 Å².